The van der Waals surface area contributed by atoms with E-state index in [1.807, 2.05) is 31.7 Å². The van der Waals surface area contributed by atoms with Crippen molar-refractivity contribution < 1.29 is 0 Å². The minimum Gasteiger partial charge on any atom is -0.345 e. The van der Waals surface area contributed by atoms with E-state index < -0.39 is 0 Å². The lowest BCUT2D eigenvalue weighted by atomic mass is 9.98. The third kappa shape index (κ3) is 3.10. The molecule has 0 bridgehead atoms. The van der Waals surface area contributed by atoms with Crippen LogP contribution in [0.3, 0.4) is 0 Å². The maximum atomic E-state index is 10.9. The highest BCUT2D eigenvalue weighted by Gasteiger charge is 2.46. The molecule has 2 fully saturated rings. The van der Waals surface area contributed by atoms with Gasteiger partial charge < -0.3 is 4.90 Å². The van der Waals surface area contributed by atoms with E-state index in [4.69, 9.17) is 4.99 Å². The molecular weight excluding hydrogens is 318 g/mol. The van der Waals surface area contributed by atoms with Gasteiger partial charge in [0.1, 0.15) is 5.69 Å². The Balaban J connectivity index is 1.93. The first-order valence-electron chi connectivity index (χ1n) is 9.04. The Morgan fingerprint density at radius 3 is 2.50 bits per heavy atom. The molecule has 0 unspecified atom stereocenters. The standard InChI is InChI=1S/C19H27N3OS/c1-4-5-12-22-18(24-13-19(22)10-6-7-11-19)20-16-8-9-17(21-23)15(3)14(16)2/h8-9H,4-7,10-13H2,1-3H3. The normalized spacial score (nSPS) is 21.1. The maximum Gasteiger partial charge on any atom is 0.164 e. The van der Waals surface area contributed by atoms with Gasteiger partial charge in [-0.05, 0) is 61.5 Å². The fourth-order valence-corrected chi connectivity index (χ4v) is 5.31. The zero-order chi connectivity index (χ0) is 17.2. The number of unbranched alkanes of at least 4 members (excludes halogenated alkanes) is 1. The second-order valence-corrected chi connectivity index (χ2v) is 8.01. The van der Waals surface area contributed by atoms with E-state index in [0.717, 1.165) is 23.4 Å². The van der Waals surface area contributed by atoms with Crippen molar-refractivity contribution in [3.8, 4) is 0 Å². The van der Waals surface area contributed by atoms with Crippen LogP contribution in [0.4, 0.5) is 11.4 Å². The Kier molecular flexibility index (Phi) is 5.28. The highest BCUT2D eigenvalue weighted by molar-refractivity contribution is 8.14. The van der Waals surface area contributed by atoms with E-state index in [0.29, 0.717) is 11.2 Å². The molecule has 1 aromatic rings. The minimum absolute atomic E-state index is 0.339. The van der Waals surface area contributed by atoms with Crippen molar-refractivity contribution in [2.24, 2.45) is 10.2 Å². The molecule has 1 aromatic carbocycles. The third-order valence-corrected chi connectivity index (χ3v) is 6.84. The molecule has 0 radical (unpaired) electrons. The van der Waals surface area contributed by atoms with Crippen molar-refractivity contribution in [3.05, 3.63) is 28.2 Å². The second kappa shape index (κ2) is 7.26. The molecule has 1 saturated carbocycles. The molecule has 1 aliphatic carbocycles. The van der Waals surface area contributed by atoms with E-state index >= 15 is 0 Å². The smallest absolute Gasteiger partial charge is 0.164 e. The van der Waals surface area contributed by atoms with Gasteiger partial charge in [-0.2, -0.15) is 0 Å². The lowest BCUT2D eigenvalue weighted by Gasteiger charge is -2.35. The summed E-state index contributed by atoms with van der Waals surface area (Å²) in [5.74, 6) is 1.17. The molecule has 130 valence electrons. The van der Waals surface area contributed by atoms with Crippen LogP contribution in [0.5, 0.6) is 0 Å². The van der Waals surface area contributed by atoms with Gasteiger partial charge in [-0.1, -0.05) is 37.9 Å². The SMILES string of the molecule is CCCCN1C(=Nc2ccc(N=O)c(C)c2C)SCC12CCCC2. The van der Waals surface area contributed by atoms with E-state index in [1.165, 1.54) is 49.4 Å². The fourth-order valence-electron chi connectivity index (χ4n) is 3.86. The number of aliphatic imine (C=N–C) groups is 1. The average molecular weight is 346 g/mol. The molecule has 4 nitrogen and oxygen atoms in total. The highest BCUT2D eigenvalue weighted by atomic mass is 32.2. The Hall–Kier alpha value is -1.36. The second-order valence-electron chi connectivity index (χ2n) is 7.06. The molecule has 1 aliphatic heterocycles. The number of nitrogens with zero attached hydrogens (tertiary/aromatic N) is 3. The van der Waals surface area contributed by atoms with E-state index in [-0.39, 0.29) is 0 Å². The summed E-state index contributed by atoms with van der Waals surface area (Å²) in [6, 6.07) is 3.72. The van der Waals surface area contributed by atoms with Crippen LogP contribution in [-0.2, 0) is 0 Å². The van der Waals surface area contributed by atoms with Crippen LogP contribution in [0.1, 0.15) is 56.6 Å². The molecule has 0 N–H and O–H groups in total. The Bertz CT molecular complexity index is 650. The summed E-state index contributed by atoms with van der Waals surface area (Å²) in [6.07, 6.45) is 7.71. The van der Waals surface area contributed by atoms with Crippen molar-refractivity contribution in [3.63, 3.8) is 0 Å². The largest absolute Gasteiger partial charge is 0.345 e. The van der Waals surface area contributed by atoms with Crippen LogP contribution in [0, 0.1) is 18.8 Å². The Morgan fingerprint density at radius 2 is 1.83 bits per heavy atom. The first kappa shape index (κ1) is 17.5. The number of benzene rings is 1. The highest BCUT2D eigenvalue weighted by Crippen LogP contribution is 2.45. The maximum absolute atomic E-state index is 10.9. The predicted octanol–water partition coefficient (Wildman–Crippen LogP) is 5.85. The molecular formula is C19H27N3OS. The summed E-state index contributed by atoms with van der Waals surface area (Å²) in [5, 5.41) is 4.27. The molecule has 0 amide bonds. The van der Waals surface area contributed by atoms with Gasteiger partial charge in [0, 0.05) is 12.3 Å². The van der Waals surface area contributed by atoms with E-state index in [1.54, 1.807) is 6.07 Å². The minimum atomic E-state index is 0.339. The van der Waals surface area contributed by atoms with E-state index in [2.05, 4.69) is 17.0 Å². The summed E-state index contributed by atoms with van der Waals surface area (Å²) < 4.78 is 0. The molecule has 0 aromatic heterocycles. The van der Waals surface area contributed by atoms with Crippen LogP contribution in [0.2, 0.25) is 0 Å². The van der Waals surface area contributed by atoms with E-state index in [9.17, 15) is 4.91 Å². The topological polar surface area (TPSA) is 45.0 Å². The number of rotatable bonds is 5. The molecule has 2 aliphatic rings. The molecule has 24 heavy (non-hydrogen) atoms. The zero-order valence-corrected chi connectivity index (χ0v) is 15.8. The van der Waals surface area contributed by atoms with Crippen LogP contribution in [0.15, 0.2) is 22.3 Å². The molecule has 1 spiro atoms. The number of thioether (sulfide) groups is 1. The van der Waals surface area contributed by atoms with Crippen LogP contribution in [0.25, 0.3) is 0 Å². The van der Waals surface area contributed by atoms with Crippen LogP contribution in [-0.4, -0.2) is 27.9 Å². The number of nitroso groups, excluding NO2 is 1. The molecule has 1 saturated heterocycles. The van der Waals surface area contributed by atoms with Crippen molar-refractivity contribution in [2.45, 2.75) is 64.8 Å². The number of amidine groups is 1. The lowest BCUT2D eigenvalue weighted by molar-refractivity contribution is 0.214. The average Bonchev–Trinajstić information content (AvgIpc) is 3.19. The van der Waals surface area contributed by atoms with Crippen molar-refractivity contribution in [1.29, 1.82) is 0 Å². The van der Waals surface area contributed by atoms with Gasteiger partial charge in [0.05, 0.1) is 11.2 Å². The monoisotopic (exact) mass is 345 g/mol. The quantitative estimate of drug-likeness (QED) is 0.629. The molecule has 5 heteroatoms. The summed E-state index contributed by atoms with van der Waals surface area (Å²) in [5.41, 5.74) is 3.82. The van der Waals surface area contributed by atoms with Crippen LogP contribution < -0.4 is 0 Å². The third-order valence-electron chi connectivity index (χ3n) is 5.59. The summed E-state index contributed by atoms with van der Waals surface area (Å²) >= 11 is 1.91. The van der Waals surface area contributed by atoms with Gasteiger partial charge in [0.15, 0.2) is 5.17 Å². The molecule has 3 rings (SSSR count). The Labute approximate surface area is 149 Å². The predicted molar refractivity (Wildman–Crippen MR) is 104 cm³/mol. The fraction of sp³-hybridized carbons (Fsp3) is 0.632. The first-order valence-corrected chi connectivity index (χ1v) is 10.0. The van der Waals surface area contributed by atoms with Gasteiger partial charge in [-0.25, -0.2) is 4.99 Å². The van der Waals surface area contributed by atoms with Gasteiger partial charge in [0.25, 0.3) is 0 Å². The zero-order valence-electron chi connectivity index (χ0n) is 15.0. The molecule has 0 atom stereocenters. The summed E-state index contributed by atoms with van der Waals surface area (Å²) in [6.45, 7) is 7.34. The van der Waals surface area contributed by atoms with Gasteiger partial charge in [0.2, 0.25) is 0 Å². The van der Waals surface area contributed by atoms with Crippen molar-refractivity contribution in [1.82, 2.24) is 4.90 Å². The lowest BCUT2D eigenvalue weighted by Crippen LogP contribution is -2.45. The van der Waals surface area contributed by atoms with Crippen molar-refractivity contribution in [2.75, 3.05) is 12.3 Å². The van der Waals surface area contributed by atoms with Gasteiger partial charge in [-0.15, -0.1) is 4.91 Å². The number of hydrogen-bond donors (Lipinski definition) is 0. The van der Waals surface area contributed by atoms with Crippen LogP contribution >= 0.6 is 11.8 Å². The number of hydrogen-bond acceptors (Lipinski definition) is 4. The summed E-state index contributed by atoms with van der Waals surface area (Å²) in [4.78, 5) is 18.5. The van der Waals surface area contributed by atoms with Gasteiger partial charge >= 0.3 is 0 Å². The van der Waals surface area contributed by atoms with Gasteiger partial charge in [-0.3, -0.25) is 0 Å². The summed E-state index contributed by atoms with van der Waals surface area (Å²) in [7, 11) is 0. The molecule has 1 heterocycles. The Morgan fingerprint density at radius 1 is 1.17 bits per heavy atom. The van der Waals surface area contributed by atoms with Crippen molar-refractivity contribution >= 4 is 28.3 Å². The first-order chi connectivity index (χ1) is 11.6.